The summed E-state index contributed by atoms with van der Waals surface area (Å²) in [6, 6.07) is 6.32. The van der Waals surface area contributed by atoms with Gasteiger partial charge in [0, 0.05) is 23.6 Å². The number of ether oxygens (including phenoxy) is 3. The maximum atomic E-state index is 15.2. The van der Waals surface area contributed by atoms with Crippen molar-refractivity contribution in [3.05, 3.63) is 76.9 Å². The third-order valence-corrected chi connectivity index (χ3v) is 10.4. The molecule has 260 valence electrons. The van der Waals surface area contributed by atoms with E-state index in [0.29, 0.717) is 55.9 Å². The Morgan fingerprint density at radius 2 is 1.47 bits per heavy atom. The van der Waals surface area contributed by atoms with Crippen LogP contribution in [0.1, 0.15) is 120 Å². The van der Waals surface area contributed by atoms with Gasteiger partial charge >= 0.3 is 6.11 Å². The lowest BCUT2D eigenvalue weighted by molar-refractivity contribution is -0.223. The molecule has 1 heterocycles. The van der Waals surface area contributed by atoms with Crippen LogP contribution in [0.25, 0.3) is 0 Å². The Bertz CT molecular complexity index is 1290. The highest BCUT2D eigenvalue weighted by atomic mass is 19.3. The average Bonchev–Trinajstić information content (AvgIpc) is 3.06. The minimum atomic E-state index is -3.60. The molecule has 0 amide bonds. The summed E-state index contributed by atoms with van der Waals surface area (Å²) >= 11 is 0. The van der Waals surface area contributed by atoms with Crippen molar-refractivity contribution in [1.29, 1.82) is 0 Å². The van der Waals surface area contributed by atoms with Crippen LogP contribution in [0.3, 0.4) is 0 Å². The van der Waals surface area contributed by atoms with Crippen LogP contribution >= 0.6 is 0 Å². The van der Waals surface area contributed by atoms with Gasteiger partial charge in [-0.25, -0.2) is 17.6 Å². The third kappa shape index (κ3) is 9.78. The van der Waals surface area contributed by atoms with Crippen LogP contribution < -0.4 is 4.74 Å². The molecule has 0 bridgehead atoms. The fraction of sp³-hybridized carbons (Fsp3) is 0.632. The van der Waals surface area contributed by atoms with E-state index >= 15 is 4.39 Å². The molecule has 1 saturated heterocycles. The number of alkyl halides is 2. The van der Waals surface area contributed by atoms with Gasteiger partial charge in [-0.05, 0) is 100 Å². The Hall–Kier alpha value is -2.52. The van der Waals surface area contributed by atoms with Gasteiger partial charge in [0.05, 0.1) is 19.1 Å². The minimum Gasteiger partial charge on any atom is -0.432 e. The molecule has 2 aliphatic carbocycles. The zero-order chi connectivity index (χ0) is 33.4. The molecule has 0 N–H and O–H groups in total. The van der Waals surface area contributed by atoms with Crippen molar-refractivity contribution in [1.82, 2.24) is 0 Å². The smallest absolute Gasteiger partial charge is 0.400 e. The van der Waals surface area contributed by atoms with Crippen LogP contribution in [-0.2, 0) is 9.47 Å². The molecule has 5 rings (SSSR count). The molecular weight excluding hydrogens is 618 g/mol. The second kappa shape index (κ2) is 16.7. The zero-order valence-corrected chi connectivity index (χ0v) is 27.3. The summed E-state index contributed by atoms with van der Waals surface area (Å²) in [7, 11) is 0. The first-order chi connectivity index (χ1) is 22.6. The largest absolute Gasteiger partial charge is 0.432 e. The minimum absolute atomic E-state index is 0.184. The number of hydrogen-bond donors (Lipinski definition) is 0. The van der Waals surface area contributed by atoms with Crippen LogP contribution in [0, 0.1) is 46.9 Å². The molecule has 0 aromatic heterocycles. The molecule has 1 aliphatic heterocycles. The van der Waals surface area contributed by atoms with E-state index in [2.05, 4.69) is 23.8 Å². The number of hydrogen-bond acceptors (Lipinski definition) is 3. The van der Waals surface area contributed by atoms with E-state index in [0.717, 1.165) is 56.1 Å². The van der Waals surface area contributed by atoms with E-state index in [4.69, 9.17) is 9.47 Å². The summed E-state index contributed by atoms with van der Waals surface area (Å²) in [4.78, 5) is 0. The van der Waals surface area contributed by atoms with Gasteiger partial charge in [-0.3, -0.25) is 0 Å². The van der Waals surface area contributed by atoms with E-state index in [1.54, 1.807) is 6.07 Å². The van der Waals surface area contributed by atoms with Crippen LogP contribution in [0.4, 0.5) is 26.3 Å². The van der Waals surface area contributed by atoms with Gasteiger partial charge in [-0.2, -0.15) is 8.78 Å². The summed E-state index contributed by atoms with van der Waals surface area (Å²) in [6.07, 6.45) is 12.4. The highest BCUT2D eigenvalue weighted by Gasteiger charge is 2.44. The molecule has 0 unspecified atom stereocenters. The maximum Gasteiger partial charge on any atom is 0.400 e. The van der Waals surface area contributed by atoms with Crippen LogP contribution in [0.15, 0.2) is 42.5 Å². The van der Waals surface area contributed by atoms with E-state index in [-0.39, 0.29) is 24.6 Å². The van der Waals surface area contributed by atoms with Crippen molar-refractivity contribution in [3.63, 3.8) is 0 Å². The van der Waals surface area contributed by atoms with Crippen LogP contribution in [0.5, 0.6) is 5.75 Å². The summed E-state index contributed by atoms with van der Waals surface area (Å²) in [5.74, 6) is -5.43. The second-order valence-electron chi connectivity index (χ2n) is 13.8. The molecule has 3 nitrogen and oxygen atoms in total. The molecule has 2 aromatic rings. The lowest BCUT2D eigenvalue weighted by atomic mass is 9.77. The molecule has 3 aliphatic rings. The Labute approximate surface area is 275 Å². The van der Waals surface area contributed by atoms with E-state index in [1.807, 2.05) is 12.1 Å². The van der Waals surface area contributed by atoms with Gasteiger partial charge in [0.25, 0.3) is 0 Å². The quantitative estimate of drug-likeness (QED) is 0.0922. The summed E-state index contributed by atoms with van der Waals surface area (Å²) in [6.45, 7) is 3.50. The Balaban J connectivity index is 0.990. The molecule has 3 fully saturated rings. The molecule has 2 aromatic carbocycles. The number of unbranched alkanes of at least 4 members (excludes halogenated alkanes) is 2. The van der Waals surface area contributed by atoms with E-state index < -0.39 is 41.5 Å². The fourth-order valence-corrected chi connectivity index (χ4v) is 7.47. The normalized spacial score (nSPS) is 27.3. The Kier molecular flexibility index (Phi) is 12.7. The summed E-state index contributed by atoms with van der Waals surface area (Å²) in [5.41, 5.74) is 1.51. The van der Waals surface area contributed by atoms with Gasteiger partial charge < -0.3 is 14.2 Å². The first-order valence-electron chi connectivity index (χ1n) is 17.5. The lowest BCUT2D eigenvalue weighted by Crippen LogP contribution is -2.37. The van der Waals surface area contributed by atoms with Gasteiger partial charge in [0.15, 0.2) is 23.7 Å². The lowest BCUT2D eigenvalue weighted by Gasteiger charge is -2.33. The predicted molar refractivity (Wildman–Crippen MR) is 169 cm³/mol. The van der Waals surface area contributed by atoms with Gasteiger partial charge in [-0.15, -0.1) is 0 Å². The van der Waals surface area contributed by atoms with Gasteiger partial charge in [0.2, 0.25) is 0 Å². The van der Waals surface area contributed by atoms with Crippen molar-refractivity contribution < 1.29 is 40.6 Å². The number of allylic oxidation sites excluding steroid dienone is 2. The Morgan fingerprint density at radius 1 is 0.787 bits per heavy atom. The topological polar surface area (TPSA) is 27.7 Å². The van der Waals surface area contributed by atoms with Crippen LogP contribution in [0.2, 0.25) is 0 Å². The molecule has 9 heteroatoms. The van der Waals surface area contributed by atoms with E-state index in [1.165, 1.54) is 19.3 Å². The predicted octanol–water partition coefficient (Wildman–Crippen LogP) is 11.6. The molecule has 47 heavy (non-hydrogen) atoms. The van der Waals surface area contributed by atoms with Gasteiger partial charge in [-0.1, -0.05) is 50.5 Å². The summed E-state index contributed by atoms with van der Waals surface area (Å²) < 4.78 is 101. The zero-order valence-electron chi connectivity index (χ0n) is 27.3. The number of halogens is 6. The van der Waals surface area contributed by atoms with Crippen molar-refractivity contribution in [2.24, 2.45) is 23.7 Å². The summed E-state index contributed by atoms with van der Waals surface area (Å²) in [5, 5.41) is 0. The first-order valence-corrected chi connectivity index (χ1v) is 17.5. The average molecular weight is 667 g/mol. The highest BCUT2D eigenvalue weighted by molar-refractivity contribution is 5.29. The van der Waals surface area contributed by atoms with Crippen LogP contribution in [-0.4, -0.2) is 19.3 Å². The monoisotopic (exact) mass is 666 g/mol. The maximum absolute atomic E-state index is 15.2. The van der Waals surface area contributed by atoms with Gasteiger partial charge in [0.1, 0.15) is 11.6 Å². The standard InChI is InChI=1S/C38H48F6O3/c1-2-3-4-9-27-23-45-37(46-24-27)29-16-19-32(33(39)20-29)28-14-10-25(11-15-28)7-5-6-8-26-12-17-30(18-13-26)38(43,44)47-31-21-34(40)36(42)35(41)22-31/h5,7,16,19-22,25-28,30,37H,2-4,6,8-15,17-18,23-24H2,1H3/b7-5+. The SMILES string of the molecule is CCCCCC1COC(c2ccc(C3CCC(/C=C/CCC4CCC(C(F)(F)Oc5cc(F)c(F)c(F)c5)CC4)CC3)c(F)c2)OC1. The molecule has 0 radical (unpaired) electrons. The first kappa shape index (κ1) is 35.8. The third-order valence-electron chi connectivity index (χ3n) is 10.4. The number of rotatable bonds is 13. The highest BCUT2D eigenvalue weighted by Crippen LogP contribution is 2.42. The van der Waals surface area contributed by atoms with Crippen molar-refractivity contribution in [3.8, 4) is 5.75 Å². The second-order valence-corrected chi connectivity index (χ2v) is 13.8. The number of benzene rings is 2. The van der Waals surface area contributed by atoms with Crippen molar-refractivity contribution in [2.45, 2.75) is 115 Å². The molecule has 0 atom stereocenters. The molecule has 0 spiro atoms. The molecular formula is C38H48F6O3. The van der Waals surface area contributed by atoms with Crippen molar-refractivity contribution in [2.75, 3.05) is 13.2 Å². The van der Waals surface area contributed by atoms with Crippen molar-refractivity contribution >= 4 is 0 Å². The molecule has 2 saturated carbocycles. The fourth-order valence-electron chi connectivity index (χ4n) is 7.47. The van der Waals surface area contributed by atoms with E-state index in [9.17, 15) is 22.0 Å². The Morgan fingerprint density at radius 3 is 2.11 bits per heavy atom.